The molecule has 0 radical (unpaired) electrons. The van der Waals surface area contributed by atoms with Crippen LogP contribution in [0.3, 0.4) is 0 Å². The maximum atomic E-state index is 12.0. The highest BCUT2D eigenvalue weighted by atomic mass is 16.2. The van der Waals surface area contributed by atoms with Gasteiger partial charge in [0.15, 0.2) is 0 Å². The van der Waals surface area contributed by atoms with Crippen molar-refractivity contribution < 1.29 is 4.79 Å². The standard InChI is InChI=1S/C12H22N2O/c1-7(2)11-5-10-6-13-8(3)12(15)14(10)9(11)4/h7-11,13H,5-6H2,1-4H3. The Labute approximate surface area is 92.2 Å². The second kappa shape index (κ2) is 3.78. The summed E-state index contributed by atoms with van der Waals surface area (Å²) in [7, 11) is 0. The van der Waals surface area contributed by atoms with Crippen LogP contribution >= 0.6 is 0 Å². The van der Waals surface area contributed by atoms with Gasteiger partial charge in [-0.25, -0.2) is 0 Å². The predicted molar refractivity (Wildman–Crippen MR) is 60.5 cm³/mol. The van der Waals surface area contributed by atoms with Crippen LogP contribution in [0, 0.1) is 11.8 Å². The van der Waals surface area contributed by atoms with Crippen molar-refractivity contribution in [1.29, 1.82) is 0 Å². The van der Waals surface area contributed by atoms with E-state index in [0.29, 0.717) is 29.8 Å². The highest BCUT2D eigenvalue weighted by Gasteiger charge is 2.45. The summed E-state index contributed by atoms with van der Waals surface area (Å²) in [6, 6.07) is 0.873. The van der Waals surface area contributed by atoms with Crippen molar-refractivity contribution in [3.05, 3.63) is 0 Å². The molecule has 0 aromatic heterocycles. The molecular weight excluding hydrogens is 188 g/mol. The normalized spacial score (nSPS) is 41.1. The molecule has 1 N–H and O–H groups in total. The highest BCUT2D eigenvalue weighted by Crippen LogP contribution is 2.36. The Kier molecular flexibility index (Phi) is 2.75. The van der Waals surface area contributed by atoms with E-state index in [1.807, 2.05) is 6.92 Å². The number of piperazine rings is 1. The van der Waals surface area contributed by atoms with Gasteiger partial charge in [0, 0.05) is 18.6 Å². The number of rotatable bonds is 1. The molecule has 0 aromatic carbocycles. The number of amides is 1. The van der Waals surface area contributed by atoms with Gasteiger partial charge in [0.05, 0.1) is 6.04 Å². The van der Waals surface area contributed by atoms with E-state index < -0.39 is 0 Å². The summed E-state index contributed by atoms with van der Waals surface area (Å²) in [6.07, 6.45) is 1.17. The Morgan fingerprint density at radius 2 is 2.07 bits per heavy atom. The topological polar surface area (TPSA) is 32.3 Å². The van der Waals surface area contributed by atoms with E-state index in [1.54, 1.807) is 0 Å². The molecule has 0 saturated carbocycles. The lowest BCUT2D eigenvalue weighted by Gasteiger charge is -2.37. The Hall–Kier alpha value is -0.570. The summed E-state index contributed by atoms with van der Waals surface area (Å²) >= 11 is 0. The zero-order valence-corrected chi connectivity index (χ0v) is 10.2. The van der Waals surface area contributed by atoms with Crippen molar-refractivity contribution in [3.8, 4) is 0 Å². The zero-order chi connectivity index (χ0) is 11.2. The molecule has 3 heteroatoms. The summed E-state index contributed by atoms with van der Waals surface area (Å²) in [6.45, 7) is 9.68. The molecule has 4 atom stereocenters. The van der Waals surface area contributed by atoms with Gasteiger partial charge in [0.2, 0.25) is 5.91 Å². The van der Waals surface area contributed by atoms with Crippen molar-refractivity contribution in [1.82, 2.24) is 10.2 Å². The predicted octanol–water partition coefficient (Wildman–Crippen LogP) is 1.24. The van der Waals surface area contributed by atoms with Crippen LogP contribution < -0.4 is 5.32 Å². The van der Waals surface area contributed by atoms with Gasteiger partial charge in [-0.3, -0.25) is 4.79 Å². The monoisotopic (exact) mass is 210 g/mol. The Morgan fingerprint density at radius 3 is 2.67 bits per heavy atom. The molecular formula is C12H22N2O. The molecule has 86 valence electrons. The Bertz CT molecular complexity index is 264. The van der Waals surface area contributed by atoms with Gasteiger partial charge >= 0.3 is 0 Å². The first-order valence-electron chi connectivity index (χ1n) is 6.08. The number of hydrogen-bond donors (Lipinski definition) is 1. The molecule has 2 aliphatic heterocycles. The van der Waals surface area contributed by atoms with Gasteiger partial charge in [0.1, 0.15) is 0 Å². The molecule has 2 aliphatic rings. The second-order valence-corrected chi connectivity index (χ2v) is 5.41. The van der Waals surface area contributed by atoms with Crippen molar-refractivity contribution in [2.24, 2.45) is 11.8 Å². The van der Waals surface area contributed by atoms with Gasteiger partial charge in [0.25, 0.3) is 0 Å². The van der Waals surface area contributed by atoms with Gasteiger partial charge < -0.3 is 10.2 Å². The van der Waals surface area contributed by atoms with Crippen LogP contribution in [0.5, 0.6) is 0 Å². The molecule has 0 spiro atoms. The molecule has 2 heterocycles. The van der Waals surface area contributed by atoms with E-state index in [0.717, 1.165) is 6.54 Å². The average molecular weight is 210 g/mol. The summed E-state index contributed by atoms with van der Waals surface area (Å²) in [5.74, 6) is 1.64. The van der Waals surface area contributed by atoms with Crippen LogP contribution in [-0.2, 0) is 4.79 Å². The third kappa shape index (κ3) is 1.67. The molecule has 15 heavy (non-hydrogen) atoms. The highest BCUT2D eigenvalue weighted by molar-refractivity contribution is 5.83. The van der Waals surface area contributed by atoms with E-state index in [-0.39, 0.29) is 6.04 Å². The van der Waals surface area contributed by atoms with Crippen LogP contribution in [0.2, 0.25) is 0 Å². The first-order valence-corrected chi connectivity index (χ1v) is 6.08. The van der Waals surface area contributed by atoms with Crippen molar-refractivity contribution in [3.63, 3.8) is 0 Å². The second-order valence-electron chi connectivity index (χ2n) is 5.41. The quantitative estimate of drug-likeness (QED) is 0.706. The first-order chi connectivity index (χ1) is 7.02. The minimum absolute atomic E-state index is 0.00890. The molecule has 0 aromatic rings. The number of nitrogens with zero attached hydrogens (tertiary/aromatic N) is 1. The number of hydrogen-bond acceptors (Lipinski definition) is 2. The zero-order valence-electron chi connectivity index (χ0n) is 10.2. The number of fused-ring (bicyclic) bond motifs is 1. The third-order valence-corrected chi connectivity index (χ3v) is 4.14. The van der Waals surface area contributed by atoms with Crippen LogP contribution in [0.4, 0.5) is 0 Å². The lowest BCUT2D eigenvalue weighted by molar-refractivity contribution is -0.138. The minimum Gasteiger partial charge on any atom is -0.334 e. The third-order valence-electron chi connectivity index (χ3n) is 4.14. The summed E-state index contributed by atoms with van der Waals surface area (Å²) in [5, 5.41) is 3.29. The fraction of sp³-hybridized carbons (Fsp3) is 0.917. The van der Waals surface area contributed by atoms with Crippen molar-refractivity contribution in [2.75, 3.05) is 6.54 Å². The van der Waals surface area contributed by atoms with E-state index >= 15 is 0 Å². The number of carbonyl (C=O) groups is 1. The first kappa shape index (κ1) is 10.9. The summed E-state index contributed by atoms with van der Waals surface area (Å²) in [4.78, 5) is 14.2. The molecule has 0 bridgehead atoms. The van der Waals surface area contributed by atoms with Gasteiger partial charge in [-0.05, 0) is 32.1 Å². The number of carbonyl (C=O) groups excluding carboxylic acids is 1. The van der Waals surface area contributed by atoms with Crippen LogP contribution in [-0.4, -0.2) is 35.5 Å². The summed E-state index contributed by atoms with van der Waals surface area (Å²) < 4.78 is 0. The SMILES string of the molecule is CC1NCC2CC(C(C)C)C(C)N2C1=O. The maximum Gasteiger partial charge on any atom is 0.239 e. The molecule has 1 amide bonds. The average Bonchev–Trinajstić information content (AvgIpc) is 2.50. The van der Waals surface area contributed by atoms with E-state index in [4.69, 9.17) is 0 Å². The summed E-state index contributed by atoms with van der Waals surface area (Å²) in [5.41, 5.74) is 0. The van der Waals surface area contributed by atoms with E-state index in [9.17, 15) is 4.79 Å². The molecule has 2 saturated heterocycles. The fourth-order valence-corrected chi connectivity index (χ4v) is 3.18. The van der Waals surface area contributed by atoms with Crippen molar-refractivity contribution >= 4 is 5.91 Å². The van der Waals surface area contributed by atoms with Gasteiger partial charge in [-0.1, -0.05) is 13.8 Å². The van der Waals surface area contributed by atoms with E-state index in [2.05, 4.69) is 31.0 Å². The fourth-order valence-electron chi connectivity index (χ4n) is 3.18. The van der Waals surface area contributed by atoms with Gasteiger partial charge in [-0.15, -0.1) is 0 Å². The van der Waals surface area contributed by atoms with Crippen molar-refractivity contribution in [2.45, 2.75) is 52.2 Å². The lowest BCUT2D eigenvalue weighted by Crippen LogP contribution is -2.58. The Morgan fingerprint density at radius 1 is 1.40 bits per heavy atom. The van der Waals surface area contributed by atoms with Crippen LogP contribution in [0.15, 0.2) is 0 Å². The maximum absolute atomic E-state index is 12.0. The molecule has 3 nitrogen and oxygen atoms in total. The molecule has 0 aliphatic carbocycles. The smallest absolute Gasteiger partial charge is 0.239 e. The molecule has 2 rings (SSSR count). The molecule has 4 unspecified atom stereocenters. The van der Waals surface area contributed by atoms with Crippen LogP contribution in [0.25, 0.3) is 0 Å². The largest absolute Gasteiger partial charge is 0.334 e. The molecule has 2 fully saturated rings. The Balaban J connectivity index is 2.17. The lowest BCUT2D eigenvalue weighted by atomic mass is 9.88. The van der Waals surface area contributed by atoms with E-state index in [1.165, 1.54) is 6.42 Å². The number of nitrogens with one attached hydrogen (secondary N) is 1. The van der Waals surface area contributed by atoms with Crippen LogP contribution in [0.1, 0.15) is 34.1 Å². The minimum atomic E-state index is 0.00890. The van der Waals surface area contributed by atoms with Gasteiger partial charge in [-0.2, -0.15) is 0 Å².